The first-order valence-corrected chi connectivity index (χ1v) is 6.31. The van der Waals surface area contributed by atoms with Crippen molar-refractivity contribution in [3.05, 3.63) is 0 Å². The van der Waals surface area contributed by atoms with Gasteiger partial charge in [0.25, 0.3) is 0 Å². The second-order valence-electron chi connectivity index (χ2n) is 4.66. The minimum Gasteiger partial charge on any atom is -0.393 e. The van der Waals surface area contributed by atoms with Gasteiger partial charge in [0.2, 0.25) is 11.3 Å². The van der Waals surface area contributed by atoms with Crippen molar-refractivity contribution in [3.8, 4) is 0 Å². The zero-order valence-corrected chi connectivity index (χ0v) is 9.11. The third kappa shape index (κ3) is 1.28. The molecular weight excluding hydrogens is 234 g/mol. The molecular formula is C9H11NO5S. The summed E-state index contributed by atoms with van der Waals surface area (Å²) in [7, 11) is 0. The second-order valence-corrected chi connectivity index (χ2v) is 5.39. The maximum Gasteiger partial charge on any atom is 0.317 e. The van der Waals surface area contributed by atoms with Crippen LogP contribution in [0.3, 0.4) is 0 Å². The fourth-order valence-electron chi connectivity index (χ4n) is 3.52. The summed E-state index contributed by atoms with van der Waals surface area (Å²) in [6.45, 7) is 0. The maximum absolute atomic E-state index is 11.5. The lowest BCUT2D eigenvalue weighted by Gasteiger charge is -2.26. The Morgan fingerprint density at radius 2 is 1.94 bits per heavy atom. The zero-order chi connectivity index (χ0) is 11.4. The molecule has 1 saturated heterocycles. The van der Waals surface area contributed by atoms with E-state index in [1.54, 1.807) is 0 Å². The Bertz CT molecular complexity index is 397. The van der Waals surface area contributed by atoms with Crippen LogP contribution in [0.5, 0.6) is 0 Å². The summed E-state index contributed by atoms with van der Waals surface area (Å²) < 4.78 is 26.6. The summed E-state index contributed by atoms with van der Waals surface area (Å²) in [5.41, 5.74) is 0. The molecule has 1 heterocycles. The third-order valence-corrected chi connectivity index (χ3v) is 4.51. The monoisotopic (exact) mass is 245 g/mol. The smallest absolute Gasteiger partial charge is 0.317 e. The van der Waals surface area contributed by atoms with Crippen LogP contribution in [0.25, 0.3) is 0 Å². The molecule has 2 aliphatic carbocycles. The summed E-state index contributed by atoms with van der Waals surface area (Å²) in [6, 6.07) is -0.157. The van der Waals surface area contributed by atoms with Crippen molar-refractivity contribution in [2.75, 3.05) is 0 Å². The number of ether oxygens (including phenoxy) is 1. The van der Waals surface area contributed by atoms with Gasteiger partial charge in [-0.05, 0) is 24.7 Å². The summed E-state index contributed by atoms with van der Waals surface area (Å²) in [5, 5.41) is 0. The number of fused-ring (bicyclic) bond motifs is 5. The standard InChI is InChI=1S/C9H11NO5S/c11-8-6-3-1-4(7(6)9(12)15-8)5(2-3)10-16(13)14/h3-7,10H,1-2H2,(H,13,14). The van der Waals surface area contributed by atoms with Crippen molar-refractivity contribution in [2.45, 2.75) is 18.9 Å². The number of esters is 2. The summed E-state index contributed by atoms with van der Waals surface area (Å²) >= 11 is -2.07. The van der Waals surface area contributed by atoms with Crippen LogP contribution in [0.1, 0.15) is 12.8 Å². The van der Waals surface area contributed by atoms with Gasteiger partial charge in [-0.15, -0.1) is 0 Å². The van der Waals surface area contributed by atoms with E-state index in [0.717, 1.165) is 6.42 Å². The molecule has 0 spiro atoms. The van der Waals surface area contributed by atoms with E-state index in [1.807, 2.05) is 0 Å². The molecule has 6 nitrogen and oxygen atoms in total. The molecule has 2 bridgehead atoms. The van der Waals surface area contributed by atoms with Crippen molar-refractivity contribution in [1.82, 2.24) is 4.72 Å². The van der Waals surface area contributed by atoms with Crippen LogP contribution in [0.2, 0.25) is 0 Å². The predicted octanol–water partition coefficient (Wildman–Crippen LogP) is -0.563. The predicted molar refractivity (Wildman–Crippen MR) is 52.0 cm³/mol. The number of carbonyl (C=O) groups excluding carboxylic acids is 2. The van der Waals surface area contributed by atoms with Gasteiger partial charge in [-0.1, -0.05) is 0 Å². The highest BCUT2D eigenvalue weighted by molar-refractivity contribution is 7.77. The molecule has 3 fully saturated rings. The quantitative estimate of drug-likeness (QED) is 0.386. The van der Waals surface area contributed by atoms with E-state index < -0.39 is 29.1 Å². The molecule has 2 saturated carbocycles. The highest BCUT2D eigenvalue weighted by Crippen LogP contribution is 2.55. The second kappa shape index (κ2) is 3.35. The normalized spacial score (nSPS) is 46.9. The molecule has 0 amide bonds. The van der Waals surface area contributed by atoms with Gasteiger partial charge in [0.1, 0.15) is 0 Å². The van der Waals surface area contributed by atoms with Gasteiger partial charge in [-0.2, -0.15) is 0 Å². The number of hydrogen-bond donors (Lipinski definition) is 2. The highest BCUT2D eigenvalue weighted by Gasteiger charge is 2.63. The molecule has 2 N–H and O–H groups in total. The number of rotatable bonds is 2. The fourth-order valence-corrected chi connectivity index (χ4v) is 4.05. The lowest BCUT2D eigenvalue weighted by molar-refractivity contribution is -0.154. The van der Waals surface area contributed by atoms with Crippen molar-refractivity contribution in [3.63, 3.8) is 0 Å². The van der Waals surface area contributed by atoms with Crippen LogP contribution in [-0.4, -0.2) is 26.7 Å². The first-order valence-electron chi connectivity index (χ1n) is 5.20. The number of cyclic esters (lactones) is 2. The van der Waals surface area contributed by atoms with Crippen LogP contribution >= 0.6 is 0 Å². The van der Waals surface area contributed by atoms with Gasteiger partial charge in [-0.25, -0.2) is 8.93 Å². The molecule has 6 atom stereocenters. The molecule has 7 heteroatoms. The number of nitrogens with one attached hydrogen (secondary N) is 1. The van der Waals surface area contributed by atoms with E-state index in [9.17, 15) is 13.8 Å². The van der Waals surface area contributed by atoms with Crippen LogP contribution in [0.15, 0.2) is 0 Å². The number of carbonyl (C=O) groups is 2. The molecule has 3 aliphatic rings. The van der Waals surface area contributed by atoms with E-state index >= 15 is 0 Å². The maximum atomic E-state index is 11.5. The van der Waals surface area contributed by atoms with Gasteiger partial charge < -0.3 is 4.74 Å². The first-order chi connectivity index (χ1) is 7.58. The van der Waals surface area contributed by atoms with Gasteiger partial charge in [0.05, 0.1) is 11.8 Å². The van der Waals surface area contributed by atoms with Crippen LogP contribution < -0.4 is 4.72 Å². The van der Waals surface area contributed by atoms with E-state index in [-0.39, 0.29) is 23.8 Å². The zero-order valence-electron chi connectivity index (χ0n) is 8.29. The Kier molecular flexibility index (Phi) is 2.17. The van der Waals surface area contributed by atoms with Gasteiger partial charge >= 0.3 is 11.9 Å². The molecule has 0 radical (unpaired) electrons. The molecule has 6 unspecified atom stereocenters. The Hall–Kier alpha value is -0.790. The molecule has 0 aromatic carbocycles. The number of hydrogen-bond acceptors (Lipinski definition) is 4. The Labute approximate surface area is 94.1 Å². The van der Waals surface area contributed by atoms with Crippen molar-refractivity contribution >= 4 is 23.2 Å². The molecule has 0 aromatic rings. The average molecular weight is 245 g/mol. The van der Waals surface area contributed by atoms with Gasteiger partial charge in [0.15, 0.2) is 0 Å². The Balaban J connectivity index is 1.84. The van der Waals surface area contributed by atoms with E-state index in [1.165, 1.54) is 0 Å². The molecule has 16 heavy (non-hydrogen) atoms. The fraction of sp³-hybridized carbons (Fsp3) is 0.778. The highest BCUT2D eigenvalue weighted by atomic mass is 32.2. The minimum atomic E-state index is -2.07. The SMILES string of the molecule is O=C1OC(=O)C2C3CC(CC3NS(=O)O)C12. The van der Waals surface area contributed by atoms with Crippen molar-refractivity contribution < 1.29 is 23.1 Å². The summed E-state index contributed by atoms with van der Waals surface area (Å²) in [6.07, 6.45) is 1.44. The average Bonchev–Trinajstić information content (AvgIpc) is 2.78. The lowest BCUT2D eigenvalue weighted by atomic mass is 9.79. The minimum absolute atomic E-state index is 0.0370. The Morgan fingerprint density at radius 1 is 1.25 bits per heavy atom. The van der Waals surface area contributed by atoms with Gasteiger partial charge in [0, 0.05) is 6.04 Å². The lowest BCUT2D eigenvalue weighted by Crippen LogP contribution is -2.42. The first kappa shape index (κ1) is 10.4. The molecule has 88 valence electrons. The summed E-state index contributed by atoms with van der Waals surface area (Å²) in [5.74, 6) is -1.49. The van der Waals surface area contributed by atoms with E-state index in [4.69, 9.17) is 4.55 Å². The van der Waals surface area contributed by atoms with E-state index in [0.29, 0.717) is 6.42 Å². The molecule has 0 aromatic heterocycles. The van der Waals surface area contributed by atoms with Crippen molar-refractivity contribution in [1.29, 1.82) is 0 Å². The largest absolute Gasteiger partial charge is 0.393 e. The van der Waals surface area contributed by atoms with E-state index in [2.05, 4.69) is 9.46 Å². The van der Waals surface area contributed by atoms with Crippen LogP contribution in [-0.2, 0) is 25.6 Å². The third-order valence-electron chi connectivity index (χ3n) is 4.00. The van der Waals surface area contributed by atoms with Gasteiger partial charge in [-0.3, -0.25) is 14.1 Å². The molecule has 3 rings (SSSR count). The topological polar surface area (TPSA) is 92.7 Å². The van der Waals surface area contributed by atoms with Crippen LogP contribution in [0.4, 0.5) is 0 Å². The van der Waals surface area contributed by atoms with Crippen LogP contribution in [0, 0.1) is 23.7 Å². The summed E-state index contributed by atoms with van der Waals surface area (Å²) in [4.78, 5) is 22.9. The Morgan fingerprint density at radius 3 is 2.62 bits per heavy atom. The molecule has 1 aliphatic heterocycles. The van der Waals surface area contributed by atoms with Crippen molar-refractivity contribution in [2.24, 2.45) is 23.7 Å².